The fourth-order valence-electron chi connectivity index (χ4n) is 2.92. The molecule has 1 aromatic heterocycles. The van der Waals surface area contributed by atoms with E-state index in [-0.39, 0.29) is 0 Å². The number of benzene rings is 1. The molecule has 0 unspecified atom stereocenters. The van der Waals surface area contributed by atoms with Crippen LogP contribution in [0.2, 0.25) is 5.02 Å². The van der Waals surface area contributed by atoms with Crippen molar-refractivity contribution in [3.63, 3.8) is 0 Å². The standard InChI is InChI=1S/C23H30ClN5O/c24-20-9-11-22(12-10-20)30-18-8-6-4-2-1-3-5-7-15-27-23(28-19-25)29-21-13-16-26-17-14-21/h9-14,16-17H,1-8,15,18H2,(H2,26,27,28,29). The summed E-state index contributed by atoms with van der Waals surface area (Å²) in [6.07, 6.45) is 14.7. The molecule has 2 aromatic rings. The van der Waals surface area contributed by atoms with Crippen LogP contribution in [0.5, 0.6) is 5.75 Å². The summed E-state index contributed by atoms with van der Waals surface area (Å²) in [7, 11) is 0. The van der Waals surface area contributed by atoms with E-state index in [1.54, 1.807) is 12.4 Å². The maximum absolute atomic E-state index is 8.85. The van der Waals surface area contributed by atoms with E-state index in [4.69, 9.17) is 21.6 Å². The van der Waals surface area contributed by atoms with Gasteiger partial charge in [0, 0.05) is 29.6 Å². The molecule has 0 amide bonds. The van der Waals surface area contributed by atoms with Gasteiger partial charge in [0.05, 0.1) is 6.61 Å². The Morgan fingerprint density at radius 3 is 2.23 bits per heavy atom. The van der Waals surface area contributed by atoms with Crippen LogP contribution in [0.15, 0.2) is 53.8 Å². The minimum Gasteiger partial charge on any atom is -0.494 e. The number of halogens is 1. The Morgan fingerprint density at radius 2 is 1.57 bits per heavy atom. The van der Waals surface area contributed by atoms with Gasteiger partial charge in [-0.05, 0) is 49.2 Å². The number of pyridine rings is 1. The predicted molar refractivity (Wildman–Crippen MR) is 123 cm³/mol. The summed E-state index contributed by atoms with van der Waals surface area (Å²) in [6, 6.07) is 11.2. The summed E-state index contributed by atoms with van der Waals surface area (Å²) < 4.78 is 5.70. The van der Waals surface area contributed by atoms with Gasteiger partial charge in [-0.1, -0.05) is 50.1 Å². The molecule has 0 saturated carbocycles. The van der Waals surface area contributed by atoms with Crippen LogP contribution in [0.3, 0.4) is 0 Å². The number of unbranched alkanes of at least 4 members (excludes halogenated alkanes) is 7. The molecule has 0 atom stereocenters. The van der Waals surface area contributed by atoms with Crippen LogP contribution in [0.1, 0.15) is 51.4 Å². The van der Waals surface area contributed by atoms with E-state index in [9.17, 15) is 0 Å². The molecule has 0 aliphatic heterocycles. The molecule has 160 valence electrons. The predicted octanol–water partition coefficient (Wildman–Crippen LogP) is 5.77. The fourth-order valence-corrected chi connectivity index (χ4v) is 3.05. The maximum Gasteiger partial charge on any atom is 0.209 e. The van der Waals surface area contributed by atoms with E-state index in [0.717, 1.165) is 42.3 Å². The lowest BCUT2D eigenvalue weighted by Crippen LogP contribution is -2.27. The molecule has 0 aliphatic carbocycles. The average molecular weight is 428 g/mol. The van der Waals surface area contributed by atoms with Crippen molar-refractivity contribution < 1.29 is 4.74 Å². The molecule has 6 nitrogen and oxygen atoms in total. The summed E-state index contributed by atoms with van der Waals surface area (Å²) in [4.78, 5) is 8.41. The van der Waals surface area contributed by atoms with Crippen LogP contribution < -0.4 is 15.4 Å². The van der Waals surface area contributed by atoms with Crippen molar-refractivity contribution in [3.8, 4) is 11.9 Å². The van der Waals surface area contributed by atoms with Crippen molar-refractivity contribution in [2.24, 2.45) is 4.99 Å². The van der Waals surface area contributed by atoms with E-state index in [0.29, 0.717) is 12.5 Å². The monoisotopic (exact) mass is 427 g/mol. The number of hydrogen-bond acceptors (Lipinski definition) is 4. The van der Waals surface area contributed by atoms with Crippen LogP contribution in [0, 0.1) is 11.5 Å². The topological polar surface area (TPSA) is 82.3 Å². The third kappa shape index (κ3) is 10.7. The Kier molecular flexibility index (Phi) is 11.8. The zero-order valence-corrected chi connectivity index (χ0v) is 18.1. The van der Waals surface area contributed by atoms with Gasteiger partial charge in [-0.25, -0.2) is 0 Å². The van der Waals surface area contributed by atoms with Gasteiger partial charge in [-0.3, -0.25) is 15.3 Å². The normalized spacial score (nSPS) is 11.0. The Bertz CT molecular complexity index is 774. The number of hydrogen-bond donors (Lipinski definition) is 2. The summed E-state index contributed by atoms with van der Waals surface area (Å²) in [5, 5.41) is 15.3. The SMILES string of the molecule is N#CNC(=NCCCCCCCCCCOc1ccc(Cl)cc1)Nc1ccncc1. The van der Waals surface area contributed by atoms with Crippen LogP contribution in [0.4, 0.5) is 5.69 Å². The number of aromatic nitrogens is 1. The van der Waals surface area contributed by atoms with E-state index in [1.807, 2.05) is 42.6 Å². The van der Waals surface area contributed by atoms with Crippen molar-refractivity contribution >= 4 is 23.2 Å². The largest absolute Gasteiger partial charge is 0.494 e. The first kappa shape index (κ1) is 23.5. The molecule has 0 spiro atoms. The third-order valence-electron chi connectivity index (χ3n) is 4.52. The first-order chi connectivity index (χ1) is 14.8. The van der Waals surface area contributed by atoms with Crippen LogP contribution in [0.25, 0.3) is 0 Å². The van der Waals surface area contributed by atoms with Crippen LogP contribution in [-0.4, -0.2) is 24.1 Å². The zero-order chi connectivity index (χ0) is 21.3. The highest BCUT2D eigenvalue weighted by Gasteiger charge is 1.99. The highest BCUT2D eigenvalue weighted by Crippen LogP contribution is 2.16. The van der Waals surface area contributed by atoms with Crippen molar-refractivity contribution in [3.05, 3.63) is 53.8 Å². The number of aliphatic imine (C=N–C) groups is 1. The van der Waals surface area contributed by atoms with Gasteiger partial charge in [0.2, 0.25) is 5.96 Å². The van der Waals surface area contributed by atoms with E-state index in [2.05, 4.69) is 20.6 Å². The highest BCUT2D eigenvalue weighted by atomic mass is 35.5. The molecule has 1 aromatic carbocycles. The maximum atomic E-state index is 8.85. The van der Waals surface area contributed by atoms with Crippen LogP contribution >= 0.6 is 11.6 Å². The number of anilines is 1. The molecule has 0 aliphatic rings. The summed E-state index contributed by atoms with van der Waals surface area (Å²) in [5.74, 6) is 1.36. The second-order valence-corrected chi connectivity index (χ2v) is 7.40. The molecule has 2 N–H and O–H groups in total. The van der Waals surface area contributed by atoms with Gasteiger partial charge in [0.15, 0.2) is 6.19 Å². The Morgan fingerprint density at radius 1 is 0.933 bits per heavy atom. The zero-order valence-electron chi connectivity index (χ0n) is 17.3. The van der Waals surface area contributed by atoms with Gasteiger partial charge in [-0.2, -0.15) is 5.26 Å². The van der Waals surface area contributed by atoms with Gasteiger partial charge in [0.1, 0.15) is 5.75 Å². The molecule has 1 heterocycles. The van der Waals surface area contributed by atoms with Gasteiger partial charge >= 0.3 is 0 Å². The first-order valence-electron chi connectivity index (χ1n) is 10.5. The number of ether oxygens (including phenoxy) is 1. The summed E-state index contributed by atoms with van der Waals surface area (Å²) in [5.41, 5.74) is 0.852. The molecule has 0 radical (unpaired) electrons. The van der Waals surface area contributed by atoms with Gasteiger partial charge in [-0.15, -0.1) is 0 Å². The summed E-state index contributed by atoms with van der Waals surface area (Å²) in [6.45, 7) is 1.45. The van der Waals surface area contributed by atoms with Gasteiger partial charge in [0.25, 0.3) is 0 Å². The third-order valence-corrected chi connectivity index (χ3v) is 4.77. The molecular weight excluding hydrogens is 398 g/mol. The second-order valence-electron chi connectivity index (χ2n) is 6.96. The number of nitrogens with one attached hydrogen (secondary N) is 2. The molecule has 0 fully saturated rings. The van der Waals surface area contributed by atoms with E-state index in [1.165, 1.54) is 32.1 Å². The molecular formula is C23H30ClN5O. The molecule has 2 rings (SSSR count). The smallest absolute Gasteiger partial charge is 0.209 e. The number of nitrogens with zero attached hydrogens (tertiary/aromatic N) is 3. The van der Waals surface area contributed by atoms with Crippen LogP contribution in [-0.2, 0) is 0 Å². The highest BCUT2D eigenvalue weighted by molar-refractivity contribution is 6.30. The molecule has 30 heavy (non-hydrogen) atoms. The molecule has 7 heteroatoms. The summed E-state index contributed by atoms with van der Waals surface area (Å²) >= 11 is 5.86. The fraction of sp³-hybridized carbons (Fsp3) is 0.435. The Hall–Kier alpha value is -2.78. The quantitative estimate of drug-likeness (QED) is 0.139. The Labute approximate surface area is 184 Å². The van der Waals surface area contributed by atoms with Crippen molar-refractivity contribution in [2.45, 2.75) is 51.4 Å². The Balaban J connectivity index is 1.44. The number of nitriles is 1. The molecule has 0 saturated heterocycles. The van der Waals surface area contributed by atoms with Crippen molar-refractivity contribution in [1.29, 1.82) is 5.26 Å². The second kappa shape index (κ2) is 15.1. The van der Waals surface area contributed by atoms with Crippen molar-refractivity contribution in [2.75, 3.05) is 18.5 Å². The lowest BCUT2D eigenvalue weighted by atomic mass is 10.1. The van der Waals surface area contributed by atoms with E-state index < -0.39 is 0 Å². The minimum absolute atomic E-state index is 0.476. The number of guanidine groups is 1. The first-order valence-corrected chi connectivity index (χ1v) is 10.9. The average Bonchev–Trinajstić information content (AvgIpc) is 2.76. The van der Waals surface area contributed by atoms with Crippen molar-refractivity contribution in [1.82, 2.24) is 10.3 Å². The lowest BCUT2D eigenvalue weighted by molar-refractivity contribution is 0.304. The lowest BCUT2D eigenvalue weighted by Gasteiger charge is -2.07. The molecule has 0 bridgehead atoms. The van der Waals surface area contributed by atoms with Gasteiger partial charge < -0.3 is 10.1 Å². The van der Waals surface area contributed by atoms with E-state index >= 15 is 0 Å². The number of rotatable bonds is 13. The minimum atomic E-state index is 0.476.